The van der Waals surface area contributed by atoms with Crippen LogP contribution in [0.15, 0.2) is 42.2 Å². The maximum Gasteiger partial charge on any atom is 0.252 e. The molecule has 1 aliphatic carbocycles. The SMILES string of the molecule is Cl.NC(=O)c1ccc(F)c2c1OCC(N(CCCCc1c[nH]c3ccc(F)cc13)CC1CC1)=C2. The van der Waals surface area contributed by atoms with Gasteiger partial charge in [-0.25, -0.2) is 8.78 Å². The molecule has 0 atom stereocenters. The van der Waals surface area contributed by atoms with Gasteiger partial charge in [0.25, 0.3) is 5.91 Å². The molecular weight excluding hydrogens is 460 g/mol. The second-order valence-corrected chi connectivity index (χ2v) is 8.98. The minimum Gasteiger partial charge on any atom is -0.486 e. The third-order valence-electron chi connectivity index (χ3n) is 6.52. The van der Waals surface area contributed by atoms with Crippen LogP contribution in [0.5, 0.6) is 5.75 Å². The summed E-state index contributed by atoms with van der Waals surface area (Å²) in [5.41, 5.74) is 8.90. The minimum absolute atomic E-state index is 0. The molecule has 0 unspecified atom stereocenters. The summed E-state index contributed by atoms with van der Waals surface area (Å²) < 4.78 is 34.0. The number of primary amides is 1. The smallest absolute Gasteiger partial charge is 0.252 e. The number of aromatic nitrogens is 1. The zero-order valence-corrected chi connectivity index (χ0v) is 19.6. The number of halogens is 3. The predicted octanol–water partition coefficient (Wildman–Crippen LogP) is 5.44. The number of hydrogen-bond donors (Lipinski definition) is 2. The number of aromatic amines is 1. The van der Waals surface area contributed by atoms with E-state index in [9.17, 15) is 13.6 Å². The second kappa shape index (κ2) is 10.1. The first-order valence-electron chi connectivity index (χ1n) is 11.5. The second-order valence-electron chi connectivity index (χ2n) is 8.98. The van der Waals surface area contributed by atoms with E-state index >= 15 is 0 Å². The molecule has 0 spiro atoms. The average molecular weight is 488 g/mol. The maximum absolute atomic E-state index is 14.5. The molecule has 180 valence electrons. The maximum atomic E-state index is 14.5. The number of hydrogen-bond acceptors (Lipinski definition) is 3. The quantitative estimate of drug-likeness (QED) is 0.395. The van der Waals surface area contributed by atoms with Crippen molar-refractivity contribution in [2.24, 2.45) is 11.7 Å². The first-order valence-corrected chi connectivity index (χ1v) is 11.5. The number of rotatable bonds is 9. The molecule has 2 heterocycles. The molecule has 5 rings (SSSR count). The van der Waals surface area contributed by atoms with Crippen LogP contribution in [0.3, 0.4) is 0 Å². The highest BCUT2D eigenvalue weighted by Gasteiger charge is 2.28. The number of amides is 1. The first-order chi connectivity index (χ1) is 16.0. The fourth-order valence-corrected chi connectivity index (χ4v) is 4.54. The molecule has 1 aliphatic heterocycles. The van der Waals surface area contributed by atoms with Gasteiger partial charge in [-0.2, -0.15) is 0 Å². The number of nitrogens with one attached hydrogen (secondary N) is 1. The van der Waals surface area contributed by atoms with Crippen molar-refractivity contribution in [3.8, 4) is 5.75 Å². The molecule has 3 N–H and O–H groups in total. The van der Waals surface area contributed by atoms with Gasteiger partial charge in [-0.1, -0.05) is 0 Å². The Morgan fingerprint density at radius 2 is 2.00 bits per heavy atom. The van der Waals surface area contributed by atoms with Crippen LogP contribution in [0.1, 0.15) is 47.2 Å². The van der Waals surface area contributed by atoms with E-state index in [-0.39, 0.29) is 41.7 Å². The number of carbonyl (C=O) groups excluding carboxylic acids is 1. The van der Waals surface area contributed by atoms with Gasteiger partial charge in [0.1, 0.15) is 24.0 Å². The lowest BCUT2D eigenvalue weighted by molar-refractivity contribution is 0.0996. The Bertz CT molecular complexity index is 1240. The number of fused-ring (bicyclic) bond motifs is 2. The summed E-state index contributed by atoms with van der Waals surface area (Å²) in [5.74, 6) is -0.398. The summed E-state index contributed by atoms with van der Waals surface area (Å²) in [6.45, 7) is 2.03. The number of ether oxygens (including phenoxy) is 1. The number of benzene rings is 2. The highest BCUT2D eigenvalue weighted by Crippen LogP contribution is 2.36. The fraction of sp³-hybridized carbons (Fsp3) is 0.346. The number of aryl methyl sites for hydroxylation is 1. The summed E-state index contributed by atoms with van der Waals surface area (Å²) in [4.78, 5) is 17.2. The molecule has 1 fully saturated rings. The average Bonchev–Trinajstić information content (AvgIpc) is 3.54. The van der Waals surface area contributed by atoms with E-state index < -0.39 is 11.7 Å². The summed E-state index contributed by atoms with van der Waals surface area (Å²) in [6.07, 6.45) is 8.93. The lowest BCUT2D eigenvalue weighted by Gasteiger charge is -2.31. The number of H-pyrrole nitrogens is 1. The van der Waals surface area contributed by atoms with Gasteiger partial charge in [0, 0.05) is 30.2 Å². The lowest BCUT2D eigenvalue weighted by Crippen LogP contribution is -2.31. The third kappa shape index (κ3) is 5.04. The van der Waals surface area contributed by atoms with Crippen molar-refractivity contribution in [3.05, 3.63) is 70.6 Å². The molecule has 2 aliphatic rings. The van der Waals surface area contributed by atoms with Crippen LogP contribution in [0, 0.1) is 17.6 Å². The summed E-state index contributed by atoms with van der Waals surface area (Å²) in [6, 6.07) is 7.44. The monoisotopic (exact) mass is 487 g/mol. The van der Waals surface area contributed by atoms with Gasteiger partial charge in [-0.15, -0.1) is 12.4 Å². The Morgan fingerprint density at radius 1 is 1.18 bits per heavy atom. The van der Waals surface area contributed by atoms with E-state index in [0.717, 1.165) is 54.5 Å². The van der Waals surface area contributed by atoms with Crippen molar-refractivity contribution >= 4 is 35.3 Å². The Morgan fingerprint density at radius 3 is 2.76 bits per heavy atom. The van der Waals surface area contributed by atoms with Gasteiger partial charge < -0.3 is 20.4 Å². The highest BCUT2D eigenvalue weighted by molar-refractivity contribution is 5.97. The normalized spacial score (nSPS) is 14.7. The van der Waals surface area contributed by atoms with Crippen LogP contribution < -0.4 is 10.5 Å². The molecule has 1 saturated carbocycles. The van der Waals surface area contributed by atoms with Crippen LogP contribution in [0.4, 0.5) is 8.78 Å². The van der Waals surface area contributed by atoms with Crippen molar-refractivity contribution in [2.75, 3.05) is 19.7 Å². The van der Waals surface area contributed by atoms with Crippen LogP contribution >= 0.6 is 12.4 Å². The Balaban J connectivity index is 0.00000274. The van der Waals surface area contributed by atoms with Gasteiger partial charge in [0.05, 0.1) is 16.8 Å². The van der Waals surface area contributed by atoms with Crippen LogP contribution in [-0.4, -0.2) is 35.5 Å². The number of nitrogens with two attached hydrogens (primary N) is 1. The Hall–Kier alpha value is -3.06. The molecule has 0 bridgehead atoms. The van der Waals surface area contributed by atoms with E-state index in [0.29, 0.717) is 5.92 Å². The van der Waals surface area contributed by atoms with Crippen LogP contribution in [-0.2, 0) is 6.42 Å². The minimum atomic E-state index is -0.630. The van der Waals surface area contributed by atoms with Crippen molar-refractivity contribution in [2.45, 2.75) is 32.1 Å². The summed E-state index contributed by atoms with van der Waals surface area (Å²) in [5, 5.41) is 0.936. The van der Waals surface area contributed by atoms with E-state index in [4.69, 9.17) is 10.5 Å². The standard InChI is InChI=1S/C26H27F2N3O2.ClH/c27-18-6-9-24-21(11-18)17(13-30-24)3-1-2-10-31(14-16-4-5-16)19-12-22-23(28)8-7-20(26(29)32)25(22)33-15-19;/h6-9,11-13,16,30H,1-5,10,14-15H2,(H2,29,32);1H. The van der Waals surface area contributed by atoms with E-state index in [2.05, 4.69) is 9.88 Å². The zero-order chi connectivity index (χ0) is 22.9. The number of nitrogens with zero attached hydrogens (tertiary/aromatic N) is 1. The van der Waals surface area contributed by atoms with Gasteiger partial charge in [0.15, 0.2) is 0 Å². The van der Waals surface area contributed by atoms with Gasteiger partial charge in [-0.05, 0) is 80.0 Å². The van der Waals surface area contributed by atoms with E-state index in [1.807, 2.05) is 6.20 Å². The van der Waals surface area contributed by atoms with Crippen LogP contribution in [0.2, 0.25) is 0 Å². The van der Waals surface area contributed by atoms with Crippen molar-refractivity contribution in [1.82, 2.24) is 9.88 Å². The fourth-order valence-electron chi connectivity index (χ4n) is 4.54. The first kappa shape index (κ1) is 24.1. The topological polar surface area (TPSA) is 71.4 Å². The summed E-state index contributed by atoms with van der Waals surface area (Å²) >= 11 is 0. The molecule has 5 nitrogen and oxygen atoms in total. The third-order valence-corrected chi connectivity index (χ3v) is 6.52. The van der Waals surface area contributed by atoms with Gasteiger partial charge in [-0.3, -0.25) is 4.79 Å². The van der Waals surface area contributed by atoms with Crippen molar-refractivity contribution in [3.63, 3.8) is 0 Å². The molecule has 8 heteroatoms. The van der Waals surface area contributed by atoms with Gasteiger partial charge >= 0.3 is 0 Å². The Labute approximate surface area is 203 Å². The lowest BCUT2D eigenvalue weighted by atomic mass is 10.0. The van der Waals surface area contributed by atoms with E-state index in [1.54, 1.807) is 18.2 Å². The van der Waals surface area contributed by atoms with Crippen LogP contribution in [0.25, 0.3) is 17.0 Å². The number of unbranched alkanes of at least 4 members (excludes halogenated alkanes) is 1. The van der Waals surface area contributed by atoms with Crippen molar-refractivity contribution < 1.29 is 18.3 Å². The largest absolute Gasteiger partial charge is 0.486 e. The number of carbonyl (C=O) groups is 1. The molecule has 3 aromatic rings. The molecule has 1 amide bonds. The molecule has 0 saturated heterocycles. The molecule has 1 aromatic heterocycles. The van der Waals surface area contributed by atoms with Crippen molar-refractivity contribution in [1.29, 1.82) is 0 Å². The van der Waals surface area contributed by atoms with Gasteiger partial charge in [0.2, 0.25) is 0 Å². The summed E-state index contributed by atoms with van der Waals surface area (Å²) in [7, 11) is 0. The molecule has 34 heavy (non-hydrogen) atoms. The zero-order valence-electron chi connectivity index (χ0n) is 18.8. The van der Waals surface area contributed by atoms with E-state index in [1.165, 1.54) is 31.0 Å². The molecule has 0 radical (unpaired) electrons. The molecule has 2 aromatic carbocycles. The highest BCUT2D eigenvalue weighted by atomic mass is 35.5. The Kier molecular flexibility index (Phi) is 7.12. The molecular formula is C26H28ClF2N3O2. The predicted molar refractivity (Wildman–Crippen MR) is 131 cm³/mol.